The van der Waals surface area contributed by atoms with Crippen LogP contribution in [0, 0.1) is 5.95 Å². The Morgan fingerprint density at radius 3 is 2.58 bits per heavy atom. The molecule has 0 saturated carbocycles. The van der Waals surface area contributed by atoms with E-state index >= 15 is 0 Å². The minimum Gasteiger partial charge on any atom is -0.508 e. The van der Waals surface area contributed by atoms with Crippen molar-refractivity contribution < 1.29 is 23.7 Å². The van der Waals surface area contributed by atoms with Crippen LogP contribution in [0.15, 0.2) is 54.6 Å². The second kappa shape index (κ2) is 10.7. The van der Waals surface area contributed by atoms with Crippen LogP contribution in [0.4, 0.5) is 8.78 Å². The molecule has 2 heterocycles. The Bertz CT molecular complexity index is 1260. The summed E-state index contributed by atoms with van der Waals surface area (Å²) < 4.78 is 33.6. The fourth-order valence-electron chi connectivity index (χ4n) is 5.30. The number of alkyl halides is 1. The van der Waals surface area contributed by atoms with Gasteiger partial charge in [-0.3, -0.25) is 9.29 Å². The van der Waals surface area contributed by atoms with Crippen molar-refractivity contribution in [3.63, 3.8) is 0 Å². The molecule has 1 fully saturated rings. The summed E-state index contributed by atoms with van der Waals surface area (Å²) in [5.74, 6) is -0.0950. The highest BCUT2D eigenvalue weighted by Crippen LogP contribution is 2.41. The van der Waals surface area contributed by atoms with E-state index in [-0.39, 0.29) is 24.4 Å². The number of benzene rings is 2. The van der Waals surface area contributed by atoms with Crippen LogP contribution in [0.3, 0.4) is 0 Å². The molecule has 36 heavy (non-hydrogen) atoms. The third-order valence-corrected chi connectivity index (χ3v) is 6.97. The van der Waals surface area contributed by atoms with Crippen molar-refractivity contribution in [2.75, 3.05) is 26.3 Å². The molecule has 1 aliphatic heterocycles. The Balaban J connectivity index is 1.49. The van der Waals surface area contributed by atoms with Gasteiger partial charge in [0.05, 0.1) is 6.67 Å². The third-order valence-electron chi connectivity index (χ3n) is 6.97. The van der Waals surface area contributed by atoms with E-state index in [2.05, 4.69) is 9.88 Å². The maximum absolute atomic E-state index is 14.9. The number of rotatable bonds is 7. The molecule has 1 aromatic heterocycles. The number of allylic oxidation sites excluding steroid dienone is 1. The molecule has 188 valence electrons. The number of nitrogens with zero attached hydrogens (tertiary/aromatic N) is 2. The summed E-state index contributed by atoms with van der Waals surface area (Å²) in [6.07, 6.45) is 3.71. The van der Waals surface area contributed by atoms with Gasteiger partial charge in [-0.2, -0.15) is 9.37 Å². The van der Waals surface area contributed by atoms with E-state index in [4.69, 9.17) is 4.74 Å². The normalized spacial score (nSPS) is 18.2. The quantitative estimate of drug-likeness (QED) is 0.412. The van der Waals surface area contributed by atoms with E-state index in [1.165, 1.54) is 6.07 Å². The topological polar surface area (TPSA) is 65.8 Å². The molecule has 5 rings (SSSR count). The first-order chi connectivity index (χ1) is 17.5. The minimum absolute atomic E-state index is 0.0731. The fraction of sp³-hybridized carbons (Fsp3) is 0.345. The summed E-state index contributed by atoms with van der Waals surface area (Å²) in [6, 6.07) is 16.1. The molecule has 2 aliphatic rings. The zero-order valence-electron chi connectivity index (χ0n) is 20.1. The number of likely N-dealkylation sites (tertiary alicyclic amines) is 1. The number of halogens is 2. The highest BCUT2D eigenvalue weighted by atomic mass is 19.1. The van der Waals surface area contributed by atoms with Gasteiger partial charge in [0.2, 0.25) is 11.8 Å². The Kier molecular flexibility index (Phi) is 7.18. The van der Waals surface area contributed by atoms with Crippen LogP contribution in [-0.2, 0) is 6.42 Å². The van der Waals surface area contributed by atoms with Crippen molar-refractivity contribution in [3.05, 3.63) is 82.8 Å². The Labute approximate surface area is 209 Å². The lowest BCUT2D eigenvalue weighted by Gasteiger charge is -2.19. The Morgan fingerprint density at radius 2 is 1.81 bits per heavy atom. The summed E-state index contributed by atoms with van der Waals surface area (Å²) in [5.41, 5.74) is 4.93. The molecule has 5 nitrogen and oxygen atoms in total. The molecule has 1 saturated heterocycles. The Morgan fingerprint density at radius 1 is 1.00 bits per heavy atom. The smallest absolute Gasteiger partial charge is 0.223 e. The summed E-state index contributed by atoms with van der Waals surface area (Å²) in [7, 11) is 0. The van der Waals surface area contributed by atoms with Gasteiger partial charge in [0, 0.05) is 31.3 Å². The van der Waals surface area contributed by atoms with Gasteiger partial charge < -0.3 is 14.9 Å². The molecule has 0 amide bonds. The van der Waals surface area contributed by atoms with Gasteiger partial charge in [0.15, 0.2) is 0 Å². The lowest BCUT2D eigenvalue weighted by molar-refractivity contribution is 0.198. The van der Waals surface area contributed by atoms with Gasteiger partial charge in [-0.15, -0.1) is 0 Å². The van der Waals surface area contributed by atoms with Crippen LogP contribution in [-0.4, -0.2) is 52.5 Å². The molecule has 2 N–H and O–H groups in total. The number of aromatic nitrogens is 1. The lowest BCUT2D eigenvalue weighted by atomic mass is 9.88. The molecule has 7 heteroatoms. The van der Waals surface area contributed by atoms with E-state index in [0.29, 0.717) is 18.4 Å². The van der Waals surface area contributed by atoms with E-state index in [1.807, 2.05) is 30.3 Å². The number of phenolic OH excluding ortho intramolecular Hbond substituents is 1. The van der Waals surface area contributed by atoms with Crippen molar-refractivity contribution in [1.29, 1.82) is 0 Å². The number of aromatic hydroxyl groups is 2. The molecular formula is C29H30F2N2O3. The van der Waals surface area contributed by atoms with Gasteiger partial charge in [-0.25, -0.2) is 0 Å². The fourth-order valence-corrected chi connectivity index (χ4v) is 5.30. The molecule has 3 aromatic rings. The van der Waals surface area contributed by atoms with Crippen molar-refractivity contribution >= 4 is 11.1 Å². The number of hydrogen-bond acceptors (Lipinski definition) is 5. The maximum atomic E-state index is 14.9. The molecular weight excluding hydrogens is 462 g/mol. The van der Waals surface area contributed by atoms with Crippen molar-refractivity contribution in [1.82, 2.24) is 9.88 Å². The van der Waals surface area contributed by atoms with Crippen LogP contribution >= 0.6 is 0 Å². The zero-order chi connectivity index (χ0) is 25.1. The Hall–Kier alpha value is -3.45. The van der Waals surface area contributed by atoms with Gasteiger partial charge >= 0.3 is 0 Å². The summed E-state index contributed by atoms with van der Waals surface area (Å²) in [5, 5.41) is 19.7. The number of pyridine rings is 1. The number of phenols is 1. The largest absolute Gasteiger partial charge is 0.508 e. The monoisotopic (exact) mass is 492 g/mol. The maximum Gasteiger partial charge on any atom is 0.223 e. The first-order valence-electron chi connectivity index (χ1n) is 12.5. The zero-order valence-corrected chi connectivity index (χ0v) is 20.1. The molecule has 1 atom stereocenters. The van der Waals surface area contributed by atoms with E-state index in [9.17, 15) is 19.0 Å². The molecule has 0 unspecified atom stereocenters. The standard InChI is InChI=1S/C29H30F2N2O3/c30-14-2-15-33-16-13-23(18-33)36-22-8-5-19(6-9-22)28-24-10-7-21(34)17-20(24)3-1-4-25(28)26-11-12-27(35)32-29(26)31/h5-12,17,23,34H,1-4,13-16,18H2,(H,32,35)/t23-/m0/s1. The van der Waals surface area contributed by atoms with E-state index in [1.54, 1.807) is 18.2 Å². The molecule has 0 spiro atoms. The number of aryl methyl sites for hydroxylation is 1. The van der Waals surface area contributed by atoms with Crippen molar-refractivity contribution in [2.24, 2.45) is 0 Å². The van der Waals surface area contributed by atoms with Crippen LogP contribution in [0.2, 0.25) is 0 Å². The molecule has 0 radical (unpaired) electrons. The second-order valence-corrected chi connectivity index (χ2v) is 9.45. The summed E-state index contributed by atoms with van der Waals surface area (Å²) in [4.78, 5) is 5.87. The highest BCUT2D eigenvalue weighted by Gasteiger charge is 2.25. The van der Waals surface area contributed by atoms with Crippen LogP contribution < -0.4 is 4.74 Å². The van der Waals surface area contributed by atoms with E-state index < -0.39 is 5.95 Å². The molecule has 0 bridgehead atoms. The summed E-state index contributed by atoms with van der Waals surface area (Å²) >= 11 is 0. The van der Waals surface area contributed by atoms with Crippen molar-refractivity contribution in [2.45, 2.75) is 38.2 Å². The SMILES string of the molecule is Oc1ccc2c(c1)CCCC(c1ccc(O)nc1F)=C2c1ccc(O[C@H]2CCN(CCCF)C2)cc1. The minimum atomic E-state index is -0.705. The van der Waals surface area contributed by atoms with Crippen LogP contribution in [0.5, 0.6) is 17.4 Å². The number of fused-ring (bicyclic) bond motifs is 1. The number of ether oxygens (including phenoxy) is 1. The third kappa shape index (κ3) is 5.21. The predicted molar refractivity (Wildman–Crippen MR) is 135 cm³/mol. The van der Waals surface area contributed by atoms with Gasteiger partial charge in [-0.05, 0) is 90.3 Å². The average molecular weight is 493 g/mol. The first-order valence-corrected chi connectivity index (χ1v) is 12.5. The first kappa shape index (κ1) is 24.3. The highest BCUT2D eigenvalue weighted by molar-refractivity contribution is 6.00. The average Bonchev–Trinajstić information content (AvgIpc) is 3.22. The summed E-state index contributed by atoms with van der Waals surface area (Å²) in [6.45, 7) is 2.16. The molecule has 2 aromatic carbocycles. The van der Waals surface area contributed by atoms with Crippen LogP contribution in [0.25, 0.3) is 11.1 Å². The van der Waals surface area contributed by atoms with Crippen molar-refractivity contribution in [3.8, 4) is 17.4 Å². The van der Waals surface area contributed by atoms with Gasteiger partial charge in [0.25, 0.3) is 0 Å². The predicted octanol–water partition coefficient (Wildman–Crippen LogP) is 5.74. The van der Waals surface area contributed by atoms with E-state index in [0.717, 1.165) is 72.5 Å². The number of hydrogen-bond donors (Lipinski definition) is 2. The van der Waals surface area contributed by atoms with Crippen LogP contribution in [0.1, 0.15) is 47.9 Å². The lowest BCUT2D eigenvalue weighted by Crippen LogP contribution is -2.26. The second-order valence-electron chi connectivity index (χ2n) is 9.45. The van der Waals surface area contributed by atoms with Gasteiger partial charge in [-0.1, -0.05) is 18.2 Å². The molecule has 1 aliphatic carbocycles. The van der Waals surface area contributed by atoms with Gasteiger partial charge in [0.1, 0.15) is 17.6 Å².